The Morgan fingerprint density at radius 2 is 2.00 bits per heavy atom. The predicted octanol–water partition coefficient (Wildman–Crippen LogP) is 2.37. The Balaban J connectivity index is 1.70. The average Bonchev–Trinajstić information content (AvgIpc) is 3.24. The third-order valence-corrected chi connectivity index (χ3v) is 4.57. The first-order valence-corrected chi connectivity index (χ1v) is 8.05. The molecular formula is C14H20N6S. The van der Waals surface area contributed by atoms with Crippen LogP contribution in [0.2, 0.25) is 0 Å². The Morgan fingerprint density at radius 1 is 1.24 bits per heavy atom. The van der Waals surface area contributed by atoms with Crippen LogP contribution < -0.4 is 16.6 Å². The van der Waals surface area contributed by atoms with Crippen LogP contribution in [0, 0.1) is 13.8 Å². The molecule has 3 rings (SSSR count). The maximum Gasteiger partial charge on any atom is 0.148 e. The first kappa shape index (κ1) is 14.2. The molecule has 0 spiro atoms. The number of nitrogens with one attached hydrogen (secondary N) is 2. The van der Waals surface area contributed by atoms with E-state index in [-0.39, 0.29) is 0 Å². The Bertz CT molecular complexity index is 634. The molecule has 2 heterocycles. The van der Waals surface area contributed by atoms with Crippen LogP contribution >= 0.6 is 11.3 Å². The second-order valence-electron chi connectivity index (χ2n) is 5.38. The van der Waals surface area contributed by atoms with Crippen LogP contribution in [0.1, 0.15) is 40.8 Å². The van der Waals surface area contributed by atoms with Gasteiger partial charge in [0.05, 0.1) is 5.01 Å². The Hall–Kier alpha value is -1.73. The van der Waals surface area contributed by atoms with E-state index in [1.807, 2.05) is 13.8 Å². The van der Waals surface area contributed by atoms with E-state index in [0.717, 1.165) is 40.9 Å². The van der Waals surface area contributed by atoms with Crippen LogP contribution in [-0.2, 0) is 6.42 Å². The lowest BCUT2D eigenvalue weighted by Gasteiger charge is -2.13. The first-order valence-electron chi connectivity index (χ1n) is 7.17. The van der Waals surface area contributed by atoms with Gasteiger partial charge in [0.1, 0.15) is 17.5 Å². The number of nitrogens with zero attached hydrogens (tertiary/aromatic N) is 3. The van der Waals surface area contributed by atoms with E-state index in [1.54, 1.807) is 11.3 Å². The zero-order chi connectivity index (χ0) is 14.8. The van der Waals surface area contributed by atoms with Crippen molar-refractivity contribution in [2.75, 3.05) is 17.3 Å². The molecule has 0 saturated heterocycles. The molecule has 0 radical (unpaired) electrons. The van der Waals surface area contributed by atoms with Crippen molar-refractivity contribution < 1.29 is 0 Å². The van der Waals surface area contributed by atoms with Gasteiger partial charge in [-0.1, -0.05) is 0 Å². The van der Waals surface area contributed by atoms with Crippen LogP contribution in [-0.4, -0.2) is 21.5 Å². The molecule has 2 aromatic heterocycles. The van der Waals surface area contributed by atoms with Gasteiger partial charge in [0.2, 0.25) is 0 Å². The molecule has 1 fully saturated rings. The van der Waals surface area contributed by atoms with Crippen molar-refractivity contribution in [1.82, 2.24) is 15.0 Å². The fourth-order valence-corrected chi connectivity index (χ4v) is 2.95. The number of hydrogen-bond donors (Lipinski definition) is 3. The topological polar surface area (TPSA) is 88.8 Å². The highest BCUT2D eigenvalue weighted by molar-refractivity contribution is 7.09. The van der Waals surface area contributed by atoms with Crippen molar-refractivity contribution in [2.45, 2.75) is 39.0 Å². The van der Waals surface area contributed by atoms with E-state index in [4.69, 9.17) is 5.84 Å². The van der Waals surface area contributed by atoms with Crippen molar-refractivity contribution in [3.8, 4) is 0 Å². The highest BCUT2D eigenvalue weighted by Gasteiger charge is 2.28. The van der Waals surface area contributed by atoms with Crippen molar-refractivity contribution in [3.05, 3.63) is 27.5 Å². The van der Waals surface area contributed by atoms with E-state index in [9.17, 15) is 0 Å². The molecule has 1 aliphatic carbocycles. The third kappa shape index (κ3) is 3.30. The van der Waals surface area contributed by atoms with Crippen LogP contribution in [0.25, 0.3) is 0 Å². The minimum Gasteiger partial charge on any atom is -0.369 e. The quantitative estimate of drug-likeness (QED) is 0.561. The van der Waals surface area contributed by atoms with Crippen LogP contribution in [0.3, 0.4) is 0 Å². The van der Waals surface area contributed by atoms with E-state index in [2.05, 4.69) is 31.1 Å². The van der Waals surface area contributed by atoms with Gasteiger partial charge in [-0.3, -0.25) is 0 Å². The number of nitrogens with two attached hydrogens (primary N) is 1. The third-order valence-electron chi connectivity index (χ3n) is 3.54. The zero-order valence-corrected chi connectivity index (χ0v) is 13.1. The van der Waals surface area contributed by atoms with E-state index in [1.165, 1.54) is 12.8 Å². The molecule has 0 amide bonds. The number of anilines is 2. The summed E-state index contributed by atoms with van der Waals surface area (Å²) in [6, 6.07) is 0. The predicted molar refractivity (Wildman–Crippen MR) is 85.6 cm³/mol. The number of nitrogen functional groups attached to an aromatic ring is 1. The molecule has 112 valence electrons. The number of aromatic nitrogens is 3. The smallest absolute Gasteiger partial charge is 0.148 e. The van der Waals surface area contributed by atoms with Gasteiger partial charge in [-0.15, -0.1) is 11.3 Å². The van der Waals surface area contributed by atoms with Crippen LogP contribution in [0.4, 0.5) is 11.6 Å². The molecule has 1 saturated carbocycles. The molecule has 0 aromatic carbocycles. The van der Waals surface area contributed by atoms with E-state index >= 15 is 0 Å². The molecule has 1 aliphatic rings. The van der Waals surface area contributed by atoms with Gasteiger partial charge in [0.15, 0.2) is 0 Å². The van der Waals surface area contributed by atoms with Crippen molar-refractivity contribution >= 4 is 23.0 Å². The zero-order valence-electron chi connectivity index (χ0n) is 12.3. The molecule has 0 aliphatic heterocycles. The van der Waals surface area contributed by atoms with E-state index < -0.39 is 0 Å². The molecule has 6 nitrogen and oxygen atoms in total. The first-order chi connectivity index (χ1) is 10.2. The van der Waals surface area contributed by atoms with Crippen molar-refractivity contribution in [3.63, 3.8) is 0 Å². The minimum absolute atomic E-state index is 0.500. The van der Waals surface area contributed by atoms with Gasteiger partial charge in [-0.25, -0.2) is 20.8 Å². The number of hydrogen-bond acceptors (Lipinski definition) is 7. The van der Waals surface area contributed by atoms with Gasteiger partial charge in [-0.2, -0.15) is 0 Å². The SMILES string of the molecule is Cc1csc(CCNc2nc(C3CC3)nc(NN)c2C)n1. The maximum absolute atomic E-state index is 5.56. The summed E-state index contributed by atoms with van der Waals surface area (Å²) in [6.45, 7) is 4.80. The summed E-state index contributed by atoms with van der Waals surface area (Å²) in [5.41, 5.74) is 4.71. The summed E-state index contributed by atoms with van der Waals surface area (Å²) in [4.78, 5) is 13.6. The van der Waals surface area contributed by atoms with Gasteiger partial charge in [-0.05, 0) is 26.7 Å². The fourth-order valence-electron chi connectivity index (χ4n) is 2.18. The number of aryl methyl sites for hydroxylation is 1. The second-order valence-corrected chi connectivity index (χ2v) is 6.32. The number of thiazole rings is 1. The number of rotatable bonds is 6. The Morgan fingerprint density at radius 3 is 2.62 bits per heavy atom. The Labute approximate surface area is 128 Å². The summed E-state index contributed by atoms with van der Waals surface area (Å²) in [6.07, 6.45) is 3.24. The molecule has 0 bridgehead atoms. The van der Waals surface area contributed by atoms with Gasteiger partial charge in [0, 0.05) is 35.5 Å². The summed E-state index contributed by atoms with van der Waals surface area (Å²) in [5.74, 6) is 8.52. The maximum atomic E-state index is 5.56. The summed E-state index contributed by atoms with van der Waals surface area (Å²) in [5, 5.41) is 6.61. The van der Waals surface area contributed by atoms with Gasteiger partial charge < -0.3 is 10.7 Å². The van der Waals surface area contributed by atoms with Gasteiger partial charge in [0.25, 0.3) is 0 Å². The molecule has 0 atom stereocenters. The highest BCUT2D eigenvalue weighted by Crippen LogP contribution is 2.39. The molecular weight excluding hydrogens is 284 g/mol. The standard InChI is InChI=1S/C14H20N6S/c1-8-7-21-11(17-8)5-6-16-12-9(2)13(20-15)19-14(18-12)10-3-4-10/h7,10H,3-6,15H2,1-2H3,(H2,16,18,19,20). The average molecular weight is 304 g/mol. The lowest BCUT2D eigenvalue weighted by molar-refractivity contribution is 0.902. The summed E-state index contributed by atoms with van der Waals surface area (Å²) < 4.78 is 0. The fraction of sp³-hybridized carbons (Fsp3) is 0.500. The molecule has 2 aromatic rings. The minimum atomic E-state index is 0.500. The molecule has 0 unspecified atom stereocenters. The monoisotopic (exact) mass is 304 g/mol. The van der Waals surface area contributed by atoms with Crippen molar-refractivity contribution in [1.29, 1.82) is 0 Å². The van der Waals surface area contributed by atoms with Crippen LogP contribution in [0.5, 0.6) is 0 Å². The summed E-state index contributed by atoms with van der Waals surface area (Å²) in [7, 11) is 0. The molecule has 21 heavy (non-hydrogen) atoms. The molecule has 7 heteroatoms. The highest BCUT2D eigenvalue weighted by atomic mass is 32.1. The normalized spacial score (nSPS) is 14.2. The number of hydrazine groups is 1. The van der Waals surface area contributed by atoms with E-state index in [0.29, 0.717) is 11.7 Å². The lowest BCUT2D eigenvalue weighted by Crippen LogP contribution is -2.15. The largest absolute Gasteiger partial charge is 0.369 e. The Kier molecular flexibility index (Phi) is 4.03. The van der Waals surface area contributed by atoms with Crippen LogP contribution in [0.15, 0.2) is 5.38 Å². The second kappa shape index (κ2) is 5.95. The summed E-state index contributed by atoms with van der Waals surface area (Å²) >= 11 is 1.70. The van der Waals surface area contributed by atoms with Gasteiger partial charge >= 0.3 is 0 Å². The van der Waals surface area contributed by atoms with Crippen molar-refractivity contribution in [2.24, 2.45) is 5.84 Å². The lowest BCUT2D eigenvalue weighted by atomic mass is 10.2. The molecule has 4 N–H and O–H groups in total.